The molecule has 1 aliphatic rings. The van der Waals surface area contributed by atoms with Gasteiger partial charge in [-0.15, -0.1) is 11.3 Å². The van der Waals surface area contributed by atoms with Gasteiger partial charge < -0.3 is 19.2 Å². The first-order valence-electron chi connectivity index (χ1n) is 13.2. The van der Waals surface area contributed by atoms with Gasteiger partial charge in [0.15, 0.2) is 5.58 Å². The molecule has 1 fully saturated rings. The zero-order valence-corrected chi connectivity index (χ0v) is 22.8. The number of aromatic carboxylic acids is 1. The summed E-state index contributed by atoms with van der Waals surface area (Å²) in [6.07, 6.45) is 3.39. The highest BCUT2D eigenvalue weighted by atomic mass is 32.1. The molecule has 5 aromatic rings. The van der Waals surface area contributed by atoms with E-state index >= 15 is 0 Å². The number of pyridine rings is 1. The summed E-state index contributed by atoms with van der Waals surface area (Å²) in [5, 5.41) is 10.2. The van der Waals surface area contributed by atoms with Gasteiger partial charge in [0.05, 0.1) is 5.69 Å². The molecule has 0 unspecified atom stereocenters. The van der Waals surface area contributed by atoms with E-state index < -0.39 is 5.97 Å². The number of anilines is 1. The molecule has 3 aromatic heterocycles. The second kappa shape index (κ2) is 11.1. The molecule has 0 radical (unpaired) electrons. The third-order valence-corrected chi connectivity index (χ3v) is 8.43. The lowest BCUT2D eigenvalue weighted by atomic mass is 9.98. The minimum Gasteiger partial charge on any atom is -0.477 e. The van der Waals surface area contributed by atoms with Gasteiger partial charge in [0.25, 0.3) is 5.91 Å². The van der Waals surface area contributed by atoms with E-state index in [0.29, 0.717) is 36.8 Å². The summed E-state index contributed by atoms with van der Waals surface area (Å²) in [6.45, 7) is 3.70. The number of hydrogen-bond acceptors (Lipinski definition) is 6. The van der Waals surface area contributed by atoms with E-state index in [2.05, 4.69) is 4.98 Å². The second-order valence-corrected chi connectivity index (χ2v) is 11.1. The molecule has 4 heterocycles. The number of nitrogens with zero attached hydrogens (tertiary/aromatic N) is 2. The van der Waals surface area contributed by atoms with Gasteiger partial charge in [-0.1, -0.05) is 42.0 Å². The van der Waals surface area contributed by atoms with Gasteiger partial charge in [0.1, 0.15) is 16.2 Å². The fourth-order valence-corrected chi connectivity index (χ4v) is 6.02. The van der Waals surface area contributed by atoms with Gasteiger partial charge in [0, 0.05) is 48.0 Å². The smallest absolute Gasteiger partial charge is 0.348 e. The van der Waals surface area contributed by atoms with E-state index in [9.17, 15) is 14.7 Å². The Morgan fingerprint density at radius 3 is 2.42 bits per heavy atom. The normalized spacial score (nSPS) is 13.9. The van der Waals surface area contributed by atoms with Crippen LogP contribution < -0.4 is 4.90 Å². The zero-order valence-electron chi connectivity index (χ0n) is 22.0. The van der Waals surface area contributed by atoms with Crippen molar-refractivity contribution in [3.05, 3.63) is 95.0 Å². The quantitative estimate of drug-likeness (QED) is 0.228. The molecule has 0 atom stereocenters. The molecule has 1 N–H and O–H groups in total. The van der Waals surface area contributed by atoms with Crippen molar-refractivity contribution in [1.82, 2.24) is 4.98 Å². The summed E-state index contributed by atoms with van der Waals surface area (Å²) in [5.41, 5.74) is 5.29. The molecule has 0 spiro atoms. The molecule has 2 aromatic carbocycles. The number of rotatable bonds is 7. The number of aryl methyl sites for hydroxylation is 1. The molecule has 1 saturated heterocycles. The highest BCUT2D eigenvalue weighted by Gasteiger charge is 2.29. The molecule has 7 nitrogen and oxygen atoms in total. The third-order valence-electron chi connectivity index (χ3n) is 7.26. The molecule has 1 amide bonds. The average Bonchev–Trinajstić information content (AvgIpc) is 3.62. The number of carbonyl (C=O) groups excluding carboxylic acids is 1. The van der Waals surface area contributed by atoms with Crippen LogP contribution in [-0.2, 0) is 4.74 Å². The van der Waals surface area contributed by atoms with Crippen LogP contribution in [0.1, 0.15) is 38.4 Å². The van der Waals surface area contributed by atoms with Crippen molar-refractivity contribution in [2.75, 3.05) is 24.7 Å². The number of thiophene rings is 1. The van der Waals surface area contributed by atoms with Crippen LogP contribution in [0.5, 0.6) is 0 Å². The Bertz CT molecular complexity index is 1630. The number of carbonyl (C=O) groups is 2. The third kappa shape index (κ3) is 5.28. The monoisotopic (exact) mass is 552 g/mol. The maximum Gasteiger partial charge on any atom is 0.348 e. The van der Waals surface area contributed by atoms with Crippen molar-refractivity contribution < 1.29 is 23.8 Å². The van der Waals surface area contributed by atoms with Gasteiger partial charge >= 0.3 is 5.97 Å². The lowest BCUT2D eigenvalue weighted by Gasteiger charge is -2.30. The molecule has 0 bridgehead atoms. The molecule has 202 valence electrons. The second-order valence-electron chi connectivity index (χ2n) is 10.0. The number of aromatic nitrogens is 1. The average molecular weight is 553 g/mol. The molecule has 8 heteroatoms. The van der Waals surface area contributed by atoms with Crippen LogP contribution in [0.3, 0.4) is 0 Å². The van der Waals surface area contributed by atoms with Crippen molar-refractivity contribution in [2.45, 2.75) is 19.8 Å². The number of fused-ring (bicyclic) bond motifs is 1. The van der Waals surface area contributed by atoms with Crippen LogP contribution in [0.15, 0.2) is 83.4 Å². The van der Waals surface area contributed by atoms with Crippen LogP contribution >= 0.6 is 11.3 Å². The van der Waals surface area contributed by atoms with Crippen LogP contribution in [0.4, 0.5) is 5.69 Å². The first kappa shape index (κ1) is 26.0. The Hall–Kier alpha value is -4.27. The standard InChI is InChI=1S/C32H28N2O5S/c1-20-4-6-24(7-5-20)31(35)34(19-21-12-15-38-16-13-21)26-18-29(40-30(26)32(36)37)23-10-8-22(9-11-23)28-17-25-27(39-28)3-2-14-33-25/h2-11,14,17-18,21H,12-13,15-16,19H2,1H3,(H,36,37). The number of benzene rings is 2. The fraction of sp³-hybridized carbons (Fsp3) is 0.219. The van der Waals surface area contributed by atoms with E-state index in [1.807, 2.05) is 67.6 Å². The number of carboxylic acids is 1. The Morgan fingerprint density at radius 2 is 1.73 bits per heavy atom. The molecule has 40 heavy (non-hydrogen) atoms. The van der Waals surface area contributed by atoms with E-state index in [1.165, 1.54) is 11.3 Å². The predicted octanol–water partition coefficient (Wildman–Crippen LogP) is 7.30. The molecule has 6 rings (SSSR count). The Balaban J connectivity index is 1.35. The summed E-state index contributed by atoms with van der Waals surface area (Å²) in [4.78, 5) is 33.2. The molecular weight excluding hydrogens is 524 g/mol. The minimum absolute atomic E-state index is 0.148. The van der Waals surface area contributed by atoms with E-state index in [4.69, 9.17) is 9.15 Å². The Kier molecular flexibility index (Phi) is 7.19. The highest BCUT2D eigenvalue weighted by Crippen LogP contribution is 2.39. The van der Waals surface area contributed by atoms with E-state index in [1.54, 1.807) is 23.2 Å². The SMILES string of the molecule is Cc1ccc(C(=O)N(CC2CCOCC2)c2cc(-c3ccc(-c4cc5ncccc5o4)cc3)sc2C(=O)O)cc1. The summed E-state index contributed by atoms with van der Waals surface area (Å²) in [6, 6.07) is 22.6. The van der Waals surface area contributed by atoms with Gasteiger partial charge in [-0.2, -0.15) is 0 Å². The maximum absolute atomic E-state index is 13.8. The predicted molar refractivity (Wildman–Crippen MR) is 156 cm³/mol. The molecule has 0 saturated carbocycles. The summed E-state index contributed by atoms with van der Waals surface area (Å²) >= 11 is 1.18. The van der Waals surface area contributed by atoms with Gasteiger partial charge in [-0.3, -0.25) is 9.78 Å². The Morgan fingerprint density at radius 1 is 1.00 bits per heavy atom. The molecule has 0 aliphatic carbocycles. The maximum atomic E-state index is 13.8. The Labute approximate surface area is 235 Å². The molecular formula is C32H28N2O5S. The number of amides is 1. The van der Waals surface area contributed by atoms with E-state index in [-0.39, 0.29) is 16.7 Å². The van der Waals surface area contributed by atoms with Crippen molar-refractivity contribution >= 4 is 40.0 Å². The lowest BCUT2D eigenvalue weighted by Crippen LogP contribution is -2.37. The van der Waals surface area contributed by atoms with Crippen molar-refractivity contribution in [3.63, 3.8) is 0 Å². The topological polar surface area (TPSA) is 92.9 Å². The van der Waals surface area contributed by atoms with Crippen LogP contribution in [0, 0.1) is 12.8 Å². The summed E-state index contributed by atoms with van der Waals surface area (Å²) in [7, 11) is 0. The zero-order chi connectivity index (χ0) is 27.6. The van der Waals surface area contributed by atoms with Gasteiger partial charge in [-0.25, -0.2) is 4.79 Å². The van der Waals surface area contributed by atoms with Crippen LogP contribution in [0.2, 0.25) is 0 Å². The first-order valence-corrected chi connectivity index (χ1v) is 14.1. The van der Waals surface area contributed by atoms with Gasteiger partial charge in [0.2, 0.25) is 0 Å². The number of ether oxygens (including phenoxy) is 1. The summed E-state index contributed by atoms with van der Waals surface area (Å²) in [5.74, 6) is -0.311. The number of hydrogen-bond donors (Lipinski definition) is 1. The first-order chi connectivity index (χ1) is 19.5. The lowest BCUT2D eigenvalue weighted by molar-refractivity contribution is 0.0665. The van der Waals surface area contributed by atoms with Crippen molar-refractivity contribution in [2.24, 2.45) is 5.92 Å². The number of carboxylic acid groups (broad SMARTS) is 1. The largest absolute Gasteiger partial charge is 0.477 e. The van der Waals surface area contributed by atoms with Crippen LogP contribution in [0.25, 0.3) is 32.9 Å². The van der Waals surface area contributed by atoms with Crippen molar-refractivity contribution in [3.8, 4) is 21.8 Å². The highest BCUT2D eigenvalue weighted by molar-refractivity contribution is 7.18. The number of furan rings is 1. The van der Waals surface area contributed by atoms with Crippen molar-refractivity contribution in [1.29, 1.82) is 0 Å². The van der Waals surface area contributed by atoms with Crippen LogP contribution in [-0.4, -0.2) is 41.7 Å². The minimum atomic E-state index is -1.05. The van der Waals surface area contributed by atoms with E-state index in [0.717, 1.165) is 45.5 Å². The van der Waals surface area contributed by atoms with Gasteiger partial charge in [-0.05, 0) is 61.6 Å². The molecule has 1 aliphatic heterocycles. The fourth-order valence-electron chi connectivity index (χ4n) is 5.02. The summed E-state index contributed by atoms with van der Waals surface area (Å²) < 4.78 is 11.5.